The molecule has 1 fully saturated rings. The average Bonchev–Trinajstić information content (AvgIpc) is 2.33. The van der Waals surface area contributed by atoms with Crippen LogP contribution < -0.4 is 5.32 Å². The molecule has 0 amide bonds. The maximum absolute atomic E-state index is 5.45. The second-order valence-electron chi connectivity index (χ2n) is 6.95. The van der Waals surface area contributed by atoms with Gasteiger partial charge in [-0.2, -0.15) is 0 Å². The van der Waals surface area contributed by atoms with Gasteiger partial charge in [0.15, 0.2) is 0 Å². The third-order valence-electron chi connectivity index (χ3n) is 4.68. The highest BCUT2D eigenvalue weighted by Crippen LogP contribution is 2.43. The molecule has 18 heavy (non-hydrogen) atoms. The van der Waals surface area contributed by atoms with Crippen LogP contribution in [0.25, 0.3) is 0 Å². The van der Waals surface area contributed by atoms with Gasteiger partial charge in [0.1, 0.15) is 0 Å². The minimum absolute atomic E-state index is 0.456. The summed E-state index contributed by atoms with van der Waals surface area (Å²) in [5.74, 6) is 5.37. The Balaban J connectivity index is 2.58. The molecule has 1 aliphatic carbocycles. The van der Waals surface area contributed by atoms with E-state index in [4.69, 9.17) is 6.42 Å². The standard InChI is InChI=1S/C17H31N/c1-6-8-9-14-12-16(17(3,4)5)11-10-15(14)13-18-7-2/h1,14-16,18H,7-13H2,2-5H3. The summed E-state index contributed by atoms with van der Waals surface area (Å²) < 4.78 is 0. The van der Waals surface area contributed by atoms with Crippen molar-refractivity contribution in [3.05, 3.63) is 0 Å². The number of rotatable bonds is 5. The van der Waals surface area contributed by atoms with Crippen molar-refractivity contribution in [3.63, 3.8) is 0 Å². The van der Waals surface area contributed by atoms with Crippen LogP contribution in [-0.2, 0) is 0 Å². The summed E-state index contributed by atoms with van der Waals surface area (Å²) in [6.45, 7) is 11.6. The smallest absolute Gasteiger partial charge is 0.00888 e. The summed E-state index contributed by atoms with van der Waals surface area (Å²) in [5, 5.41) is 3.53. The van der Waals surface area contributed by atoms with Crippen molar-refractivity contribution in [2.75, 3.05) is 13.1 Å². The van der Waals surface area contributed by atoms with Gasteiger partial charge in [-0.25, -0.2) is 0 Å². The molecule has 1 rings (SSSR count). The minimum atomic E-state index is 0.456. The molecule has 3 unspecified atom stereocenters. The van der Waals surface area contributed by atoms with E-state index in [0.717, 1.165) is 30.7 Å². The zero-order chi connectivity index (χ0) is 13.6. The third-order valence-corrected chi connectivity index (χ3v) is 4.68. The second kappa shape index (κ2) is 7.19. The molecule has 0 aromatic carbocycles. The van der Waals surface area contributed by atoms with Crippen LogP contribution >= 0.6 is 0 Å². The molecular formula is C17H31N. The molecule has 0 heterocycles. The van der Waals surface area contributed by atoms with Gasteiger partial charge in [0, 0.05) is 6.42 Å². The van der Waals surface area contributed by atoms with Crippen molar-refractivity contribution >= 4 is 0 Å². The van der Waals surface area contributed by atoms with Crippen molar-refractivity contribution in [1.29, 1.82) is 0 Å². The number of nitrogens with one attached hydrogen (secondary N) is 1. The van der Waals surface area contributed by atoms with Crippen molar-refractivity contribution in [2.45, 2.75) is 59.8 Å². The highest BCUT2D eigenvalue weighted by molar-refractivity contribution is 4.90. The van der Waals surface area contributed by atoms with Crippen LogP contribution in [0.3, 0.4) is 0 Å². The number of hydrogen-bond donors (Lipinski definition) is 1. The highest BCUT2D eigenvalue weighted by Gasteiger charge is 2.35. The lowest BCUT2D eigenvalue weighted by Gasteiger charge is -2.42. The van der Waals surface area contributed by atoms with Gasteiger partial charge in [0.05, 0.1) is 0 Å². The minimum Gasteiger partial charge on any atom is -0.317 e. The fourth-order valence-electron chi connectivity index (χ4n) is 3.33. The van der Waals surface area contributed by atoms with E-state index in [9.17, 15) is 0 Å². The van der Waals surface area contributed by atoms with Crippen LogP contribution in [0.2, 0.25) is 0 Å². The molecule has 0 aromatic heterocycles. The highest BCUT2D eigenvalue weighted by atomic mass is 14.8. The molecule has 1 saturated carbocycles. The van der Waals surface area contributed by atoms with Gasteiger partial charge in [-0.15, -0.1) is 12.3 Å². The molecule has 0 aromatic rings. The Bertz CT molecular complexity index is 268. The Hall–Kier alpha value is -0.480. The fraction of sp³-hybridized carbons (Fsp3) is 0.882. The molecular weight excluding hydrogens is 218 g/mol. The zero-order valence-corrected chi connectivity index (χ0v) is 12.8. The maximum atomic E-state index is 5.45. The lowest BCUT2D eigenvalue weighted by Crippen LogP contribution is -2.36. The molecule has 1 nitrogen and oxygen atoms in total. The summed E-state index contributed by atoms with van der Waals surface area (Å²) in [7, 11) is 0. The van der Waals surface area contributed by atoms with Gasteiger partial charge in [-0.3, -0.25) is 0 Å². The molecule has 1 heteroatoms. The second-order valence-corrected chi connectivity index (χ2v) is 6.95. The largest absolute Gasteiger partial charge is 0.317 e. The quantitative estimate of drug-likeness (QED) is 0.724. The van der Waals surface area contributed by atoms with Gasteiger partial charge >= 0.3 is 0 Å². The maximum Gasteiger partial charge on any atom is 0.00888 e. The van der Waals surface area contributed by atoms with E-state index in [1.807, 2.05) is 0 Å². The SMILES string of the molecule is C#CCCC1CC(C(C)(C)C)CCC1CNCC. The van der Waals surface area contributed by atoms with E-state index < -0.39 is 0 Å². The Morgan fingerprint density at radius 1 is 1.22 bits per heavy atom. The molecule has 0 aliphatic heterocycles. The van der Waals surface area contributed by atoms with Crippen LogP contribution in [0, 0.1) is 35.5 Å². The van der Waals surface area contributed by atoms with Crippen LogP contribution in [0.5, 0.6) is 0 Å². The predicted octanol–water partition coefficient (Wildman–Crippen LogP) is 4.09. The van der Waals surface area contributed by atoms with Crippen LogP contribution in [0.15, 0.2) is 0 Å². The average molecular weight is 249 g/mol. The number of terminal acetylenes is 1. The van der Waals surface area contributed by atoms with E-state index in [-0.39, 0.29) is 0 Å². The first kappa shape index (κ1) is 15.6. The van der Waals surface area contributed by atoms with Gasteiger partial charge in [-0.05, 0) is 61.9 Å². The van der Waals surface area contributed by atoms with E-state index in [1.165, 1.54) is 32.2 Å². The van der Waals surface area contributed by atoms with Gasteiger partial charge in [0.2, 0.25) is 0 Å². The fourth-order valence-corrected chi connectivity index (χ4v) is 3.33. The molecule has 1 aliphatic rings. The Kier molecular flexibility index (Phi) is 6.22. The van der Waals surface area contributed by atoms with E-state index in [1.54, 1.807) is 0 Å². The lowest BCUT2D eigenvalue weighted by atomic mass is 9.64. The summed E-state index contributed by atoms with van der Waals surface area (Å²) in [6, 6.07) is 0. The predicted molar refractivity (Wildman–Crippen MR) is 80.4 cm³/mol. The molecule has 1 N–H and O–H groups in total. The zero-order valence-electron chi connectivity index (χ0n) is 12.8. The Morgan fingerprint density at radius 2 is 1.94 bits per heavy atom. The van der Waals surface area contributed by atoms with Gasteiger partial charge in [-0.1, -0.05) is 27.7 Å². The summed E-state index contributed by atoms with van der Waals surface area (Å²) >= 11 is 0. The van der Waals surface area contributed by atoms with Crippen LogP contribution in [0.1, 0.15) is 59.8 Å². The Morgan fingerprint density at radius 3 is 2.50 bits per heavy atom. The van der Waals surface area contributed by atoms with E-state index in [0.29, 0.717) is 5.41 Å². The first-order valence-electron chi connectivity index (χ1n) is 7.63. The van der Waals surface area contributed by atoms with Gasteiger partial charge < -0.3 is 5.32 Å². The van der Waals surface area contributed by atoms with Gasteiger partial charge in [0.25, 0.3) is 0 Å². The normalized spacial score (nSPS) is 28.9. The van der Waals surface area contributed by atoms with Crippen molar-refractivity contribution < 1.29 is 0 Å². The molecule has 3 atom stereocenters. The molecule has 0 radical (unpaired) electrons. The molecule has 0 spiro atoms. The number of hydrogen-bond acceptors (Lipinski definition) is 1. The van der Waals surface area contributed by atoms with Crippen molar-refractivity contribution in [3.8, 4) is 12.3 Å². The van der Waals surface area contributed by atoms with Crippen LogP contribution in [-0.4, -0.2) is 13.1 Å². The lowest BCUT2D eigenvalue weighted by molar-refractivity contribution is 0.0936. The van der Waals surface area contributed by atoms with E-state index >= 15 is 0 Å². The van der Waals surface area contributed by atoms with Crippen molar-refractivity contribution in [1.82, 2.24) is 5.32 Å². The Labute approximate surface area is 114 Å². The van der Waals surface area contributed by atoms with E-state index in [2.05, 4.69) is 38.9 Å². The van der Waals surface area contributed by atoms with Crippen molar-refractivity contribution in [2.24, 2.45) is 23.2 Å². The summed E-state index contributed by atoms with van der Waals surface area (Å²) in [5.41, 5.74) is 0.456. The molecule has 0 saturated heterocycles. The third kappa shape index (κ3) is 4.65. The monoisotopic (exact) mass is 249 g/mol. The van der Waals surface area contributed by atoms with Crippen LogP contribution in [0.4, 0.5) is 0 Å². The summed E-state index contributed by atoms with van der Waals surface area (Å²) in [4.78, 5) is 0. The summed E-state index contributed by atoms with van der Waals surface area (Å²) in [6.07, 6.45) is 11.8. The molecule has 0 bridgehead atoms. The topological polar surface area (TPSA) is 12.0 Å². The first-order valence-corrected chi connectivity index (χ1v) is 7.63. The molecule has 104 valence electrons. The first-order chi connectivity index (χ1) is 8.49.